The van der Waals surface area contributed by atoms with Crippen LogP contribution in [0.25, 0.3) is 0 Å². The standard InChI is InChI=1S/C11H12N4/c1-4-12-5-2-8(1)10-11-9(3-6-13-10)14-7-15-11/h1-2,4-5,7,10,13H,3,6H2,(H,14,15)/t10-/m0/s1. The van der Waals surface area contributed by atoms with Crippen molar-refractivity contribution in [3.05, 3.63) is 47.8 Å². The first-order valence-electron chi connectivity index (χ1n) is 5.10. The highest BCUT2D eigenvalue weighted by Crippen LogP contribution is 2.25. The molecule has 2 aromatic heterocycles. The maximum Gasteiger partial charge on any atom is 0.0926 e. The molecule has 0 saturated heterocycles. The van der Waals surface area contributed by atoms with Crippen molar-refractivity contribution in [3.63, 3.8) is 0 Å². The molecule has 1 aliphatic rings. The molecule has 1 atom stereocenters. The summed E-state index contributed by atoms with van der Waals surface area (Å²) in [5, 5.41) is 3.47. The SMILES string of the molecule is c1cc([C@@H]2NCCc3[nH]cnc32)ccn1. The minimum atomic E-state index is 0.211. The molecule has 76 valence electrons. The van der Waals surface area contributed by atoms with Gasteiger partial charge in [0.2, 0.25) is 0 Å². The van der Waals surface area contributed by atoms with Crippen LogP contribution in [0.1, 0.15) is 23.0 Å². The summed E-state index contributed by atoms with van der Waals surface area (Å²) in [4.78, 5) is 11.6. The average molecular weight is 200 g/mol. The van der Waals surface area contributed by atoms with Crippen LogP contribution in [0, 0.1) is 0 Å². The van der Waals surface area contributed by atoms with E-state index in [-0.39, 0.29) is 6.04 Å². The molecule has 4 nitrogen and oxygen atoms in total. The quantitative estimate of drug-likeness (QED) is 0.723. The Kier molecular flexibility index (Phi) is 1.99. The maximum atomic E-state index is 4.38. The molecule has 2 N–H and O–H groups in total. The minimum absolute atomic E-state index is 0.211. The summed E-state index contributed by atoms with van der Waals surface area (Å²) in [6, 6.07) is 4.27. The fourth-order valence-electron chi connectivity index (χ4n) is 2.05. The van der Waals surface area contributed by atoms with Gasteiger partial charge in [-0.1, -0.05) is 0 Å². The van der Waals surface area contributed by atoms with Gasteiger partial charge in [-0.3, -0.25) is 4.98 Å². The predicted molar refractivity (Wildman–Crippen MR) is 56.4 cm³/mol. The van der Waals surface area contributed by atoms with Crippen molar-refractivity contribution in [1.82, 2.24) is 20.3 Å². The van der Waals surface area contributed by atoms with Gasteiger partial charge in [0.15, 0.2) is 0 Å². The molecule has 0 aliphatic carbocycles. The number of hydrogen-bond acceptors (Lipinski definition) is 3. The zero-order valence-electron chi connectivity index (χ0n) is 8.27. The van der Waals surface area contributed by atoms with Gasteiger partial charge in [-0.25, -0.2) is 4.98 Å². The first-order valence-corrected chi connectivity index (χ1v) is 5.10. The van der Waals surface area contributed by atoms with E-state index in [0.717, 1.165) is 18.7 Å². The lowest BCUT2D eigenvalue weighted by atomic mass is 9.99. The average Bonchev–Trinajstić information content (AvgIpc) is 2.78. The number of pyridine rings is 1. The third-order valence-electron chi connectivity index (χ3n) is 2.79. The second-order valence-corrected chi connectivity index (χ2v) is 3.68. The molecule has 3 heterocycles. The van der Waals surface area contributed by atoms with Crippen LogP contribution < -0.4 is 5.32 Å². The summed E-state index contributed by atoms with van der Waals surface area (Å²) in [7, 11) is 0. The number of rotatable bonds is 1. The molecule has 0 amide bonds. The number of H-pyrrole nitrogens is 1. The van der Waals surface area contributed by atoms with Gasteiger partial charge in [0.05, 0.1) is 18.1 Å². The van der Waals surface area contributed by atoms with Gasteiger partial charge >= 0.3 is 0 Å². The summed E-state index contributed by atoms with van der Waals surface area (Å²) in [5.74, 6) is 0. The molecule has 0 fully saturated rings. The van der Waals surface area contributed by atoms with Gasteiger partial charge in [-0.05, 0) is 17.7 Å². The van der Waals surface area contributed by atoms with Gasteiger partial charge in [0.25, 0.3) is 0 Å². The Morgan fingerprint density at radius 1 is 1.27 bits per heavy atom. The van der Waals surface area contributed by atoms with Crippen molar-refractivity contribution in [2.75, 3.05) is 6.54 Å². The Balaban J connectivity index is 2.03. The molecule has 1 aliphatic heterocycles. The minimum Gasteiger partial charge on any atom is -0.348 e. The Hall–Kier alpha value is -1.68. The van der Waals surface area contributed by atoms with Crippen LogP contribution in [0.15, 0.2) is 30.9 Å². The van der Waals surface area contributed by atoms with E-state index >= 15 is 0 Å². The van der Waals surface area contributed by atoms with Gasteiger partial charge in [0.1, 0.15) is 0 Å². The highest BCUT2D eigenvalue weighted by Gasteiger charge is 2.23. The molecule has 2 aromatic rings. The first-order chi connectivity index (χ1) is 7.45. The monoisotopic (exact) mass is 200 g/mol. The van der Waals surface area contributed by atoms with Crippen LogP contribution in [-0.2, 0) is 6.42 Å². The molecular formula is C11H12N4. The smallest absolute Gasteiger partial charge is 0.0926 e. The summed E-state index contributed by atoms with van der Waals surface area (Å²) < 4.78 is 0. The molecule has 3 rings (SSSR count). The number of aromatic nitrogens is 3. The summed E-state index contributed by atoms with van der Waals surface area (Å²) in [5.41, 5.74) is 3.58. The number of aromatic amines is 1. The van der Waals surface area contributed by atoms with Crippen LogP contribution in [0.2, 0.25) is 0 Å². The fraction of sp³-hybridized carbons (Fsp3) is 0.273. The van der Waals surface area contributed by atoms with Crippen molar-refractivity contribution >= 4 is 0 Å². The van der Waals surface area contributed by atoms with Gasteiger partial charge in [0, 0.05) is 31.1 Å². The second kappa shape index (κ2) is 3.47. The highest BCUT2D eigenvalue weighted by atomic mass is 15.0. The van der Waals surface area contributed by atoms with Crippen LogP contribution in [0.5, 0.6) is 0 Å². The van der Waals surface area contributed by atoms with E-state index in [0.29, 0.717) is 0 Å². The lowest BCUT2D eigenvalue weighted by molar-refractivity contribution is 0.553. The third-order valence-corrected chi connectivity index (χ3v) is 2.79. The zero-order chi connectivity index (χ0) is 10.1. The second-order valence-electron chi connectivity index (χ2n) is 3.68. The van der Waals surface area contributed by atoms with E-state index in [9.17, 15) is 0 Å². The van der Waals surface area contributed by atoms with Gasteiger partial charge in [-0.15, -0.1) is 0 Å². The Morgan fingerprint density at radius 2 is 2.13 bits per heavy atom. The van der Waals surface area contributed by atoms with Crippen LogP contribution in [-0.4, -0.2) is 21.5 Å². The van der Waals surface area contributed by atoms with Crippen molar-refractivity contribution in [1.29, 1.82) is 0 Å². The van der Waals surface area contributed by atoms with Crippen LogP contribution in [0.4, 0.5) is 0 Å². The van der Waals surface area contributed by atoms with Crippen LogP contribution >= 0.6 is 0 Å². The molecule has 0 spiro atoms. The molecular weight excluding hydrogens is 188 g/mol. The normalized spacial score (nSPS) is 19.9. The van der Waals surface area contributed by atoms with E-state index in [1.807, 2.05) is 24.5 Å². The number of fused-ring (bicyclic) bond motifs is 1. The van der Waals surface area contributed by atoms with Crippen molar-refractivity contribution < 1.29 is 0 Å². The van der Waals surface area contributed by atoms with Crippen molar-refractivity contribution in [3.8, 4) is 0 Å². The first kappa shape index (κ1) is 8.61. The third kappa shape index (κ3) is 1.43. The number of imidazole rings is 1. The van der Waals surface area contributed by atoms with E-state index in [2.05, 4.69) is 20.3 Å². The summed E-state index contributed by atoms with van der Waals surface area (Å²) in [6.45, 7) is 0.988. The number of nitrogens with one attached hydrogen (secondary N) is 2. The molecule has 0 aromatic carbocycles. The zero-order valence-corrected chi connectivity index (χ0v) is 8.27. The highest BCUT2D eigenvalue weighted by molar-refractivity contribution is 5.30. The Bertz CT molecular complexity index is 449. The predicted octanol–water partition coefficient (Wildman–Crippen LogP) is 1.04. The lowest BCUT2D eigenvalue weighted by Crippen LogP contribution is -2.30. The maximum absolute atomic E-state index is 4.38. The van der Waals surface area contributed by atoms with E-state index in [1.165, 1.54) is 11.3 Å². The molecule has 4 heteroatoms. The van der Waals surface area contributed by atoms with Gasteiger partial charge < -0.3 is 10.3 Å². The molecule has 0 saturated carbocycles. The Morgan fingerprint density at radius 3 is 3.00 bits per heavy atom. The van der Waals surface area contributed by atoms with E-state index in [1.54, 1.807) is 6.33 Å². The number of nitrogens with zero attached hydrogens (tertiary/aromatic N) is 2. The molecule has 0 radical (unpaired) electrons. The largest absolute Gasteiger partial charge is 0.348 e. The molecule has 15 heavy (non-hydrogen) atoms. The van der Waals surface area contributed by atoms with Crippen molar-refractivity contribution in [2.24, 2.45) is 0 Å². The van der Waals surface area contributed by atoms with Crippen molar-refractivity contribution in [2.45, 2.75) is 12.5 Å². The van der Waals surface area contributed by atoms with Gasteiger partial charge in [-0.2, -0.15) is 0 Å². The Labute approximate surface area is 87.8 Å². The summed E-state index contributed by atoms with van der Waals surface area (Å²) in [6.07, 6.45) is 6.43. The number of hydrogen-bond donors (Lipinski definition) is 2. The molecule has 0 bridgehead atoms. The lowest BCUT2D eigenvalue weighted by Gasteiger charge is -2.23. The van der Waals surface area contributed by atoms with E-state index < -0.39 is 0 Å². The molecule has 0 unspecified atom stereocenters. The summed E-state index contributed by atoms with van der Waals surface area (Å²) >= 11 is 0. The van der Waals surface area contributed by atoms with Crippen LogP contribution in [0.3, 0.4) is 0 Å². The fourth-order valence-corrected chi connectivity index (χ4v) is 2.05. The topological polar surface area (TPSA) is 53.6 Å². The van der Waals surface area contributed by atoms with E-state index in [4.69, 9.17) is 0 Å².